The average Bonchev–Trinajstić information content (AvgIpc) is 3.38. The normalized spacial score (nSPS) is 16.5. The van der Waals surface area contributed by atoms with Crippen LogP contribution in [0.5, 0.6) is 0 Å². The molecule has 6 nitrogen and oxygen atoms in total. The van der Waals surface area contributed by atoms with Gasteiger partial charge in [0.2, 0.25) is 0 Å². The molecule has 7 heteroatoms. The fourth-order valence-corrected chi connectivity index (χ4v) is 4.77. The Balaban J connectivity index is 1.90. The van der Waals surface area contributed by atoms with Crippen molar-refractivity contribution in [1.29, 1.82) is 10.5 Å². The molecule has 0 aromatic carbocycles. The molecule has 2 aromatic heterocycles. The molecule has 0 bridgehead atoms. The molecule has 3 rings (SSSR count). The first-order chi connectivity index (χ1) is 13.9. The van der Waals surface area contributed by atoms with Gasteiger partial charge in [-0.1, -0.05) is 0 Å². The van der Waals surface area contributed by atoms with E-state index in [0.717, 1.165) is 51.8 Å². The van der Waals surface area contributed by atoms with Gasteiger partial charge in [-0.2, -0.15) is 10.5 Å². The molecule has 1 N–H and O–H groups in total. The molecule has 1 saturated heterocycles. The van der Waals surface area contributed by atoms with Crippen LogP contribution in [0.15, 0.2) is 11.6 Å². The van der Waals surface area contributed by atoms with Gasteiger partial charge in [0.15, 0.2) is 0 Å². The summed E-state index contributed by atoms with van der Waals surface area (Å²) in [6, 6.07) is 6.25. The van der Waals surface area contributed by atoms with Gasteiger partial charge >= 0.3 is 0 Å². The van der Waals surface area contributed by atoms with Crippen molar-refractivity contribution in [3.63, 3.8) is 0 Å². The van der Waals surface area contributed by atoms with E-state index in [1.807, 2.05) is 44.4 Å². The topological polar surface area (TPSA) is 90.8 Å². The zero-order chi connectivity index (χ0) is 21.1. The summed E-state index contributed by atoms with van der Waals surface area (Å²) in [6.45, 7) is 8.99. The molecule has 1 aliphatic heterocycles. The van der Waals surface area contributed by atoms with E-state index < -0.39 is 5.91 Å². The first-order valence-corrected chi connectivity index (χ1v) is 10.4. The number of hydrogen-bond donors (Lipinski definition) is 1. The molecule has 1 fully saturated rings. The molecular formula is C22H24N4O2S. The first-order valence-electron chi connectivity index (χ1n) is 9.58. The Kier molecular flexibility index (Phi) is 6.22. The third-order valence-corrected chi connectivity index (χ3v) is 6.52. The third-order valence-electron chi connectivity index (χ3n) is 5.33. The van der Waals surface area contributed by atoms with Crippen LogP contribution in [0.2, 0.25) is 0 Å². The van der Waals surface area contributed by atoms with E-state index in [1.54, 1.807) is 17.4 Å². The molecule has 0 unspecified atom stereocenters. The monoisotopic (exact) mass is 408 g/mol. The second kappa shape index (κ2) is 8.65. The Morgan fingerprint density at radius 2 is 2.14 bits per heavy atom. The van der Waals surface area contributed by atoms with Gasteiger partial charge in [0.25, 0.3) is 5.91 Å². The standard InChI is InChI=1S/C22H24N4O2S/c1-13-8-17(9-18(10-23)21(27)25-12-19-6-5-7-28-19)15(3)26(13)22-20(11-24)14(2)16(4)29-22/h8-9,19H,5-7,12H2,1-4H3,(H,25,27)/b18-9+/t19-/m0/s1. The van der Waals surface area contributed by atoms with Crippen molar-refractivity contribution in [2.45, 2.75) is 46.6 Å². The summed E-state index contributed by atoms with van der Waals surface area (Å²) in [4.78, 5) is 13.6. The highest BCUT2D eigenvalue weighted by Gasteiger charge is 2.20. The lowest BCUT2D eigenvalue weighted by Gasteiger charge is -2.10. The van der Waals surface area contributed by atoms with Crippen molar-refractivity contribution >= 4 is 23.3 Å². The summed E-state index contributed by atoms with van der Waals surface area (Å²) < 4.78 is 7.53. The van der Waals surface area contributed by atoms with Crippen LogP contribution in [0.3, 0.4) is 0 Å². The fourth-order valence-electron chi connectivity index (χ4n) is 3.56. The second-order valence-electron chi connectivity index (χ2n) is 7.25. The number of carbonyl (C=O) groups is 1. The van der Waals surface area contributed by atoms with Crippen LogP contribution in [0.25, 0.3) is 11.1 Å². The number of rotatable bonds is 5. The van der Waals surface area contributed by atoms with Crippen LogP contribution in [0.1, 0.15) is 45.8 Å². The van der Waals surface area contributed by atoms with E-state index in [4.69, 9.17) is 4.74 Å². The molecule has 1 aliphatic rings. The number of thiophene rings is 1. The highest BCUT2D eigenvalue weighted by Crippen LogP contribution is 2.33. The third kappa shape index (κ3) is 4.12. The van der Waals surface area contributed by atoms with Crippen molar-refractivity contribution in [2.24, 2.45) is 0 Å². The van der Waals surface area contributed by atoms with E-state index in [1.165, 1.54) is 0 Å². The maximum atomic E-state index is 12.5. The summed E-state index contributed by atoms with van der Waals surface area (Å²) >= 11 is 1.58. The summed E-state index contributed by atoms with van der Waals surface area (Å²) in [7, 11) is 0. The lowest BCUT2D eigenvalue weighted by Crippen LogP contribution is -2.32. The minimum Gasteiger partial charge on any atom is -0.376 e. The molecule has 0 aliphatic carbocycles. The number of nitrogens with one attached hydrogen (secondary N) is 1. The van der Waals surface area contributed by atoms with Crippen molar-refractivity contribution in [1.82, 2.24) is 9.88 Å². The number of aryl methyl sites for hydroxylation is 2. The Labute approximate surface area is 175 Å². The SMILES string of the molecule is Cc1sc(-n2c(C)cc(/C=C(\C#N)C(=O)NC[C@@H]3CCCO3)c2C)c(C#N)c1C. The van der Waals surface area contributed by atoms with Gasteiger partial charge < -0.3 is 14.6 Å². The van der Waals surface area contributed by atoms with E-state index >= 15 is 0 Å². The lowest BCUT2D eigenvalue weighted by atomic mass is 10.1. The van der Waals surface area contributed by atoms with Gasteiger partial charge in [-0.3, -0.25) is 4.79 Å². The van der Waals surface area contributed by atoms with Crippen LogP contribution >= 0.6 is 11.3 Å². The maximum Gasteiger partial charge on any atom is 0.262 e. The van der Waals surface area contributed by atoms with Gasteiger partial charge in [0.05, 0.1) is 11.7 Å². The van der Waals surface area contributed by atoms with Crippen LogP contribution < -0.4 is 5.32 Å². The van der Waals surface area contributed by atoms with Gasteiger partial charge in [-0.05, 0) is 63.8 Å². The minimum atomic E-state index is -0.395. The number of carbonyl (C=O) groups excluding carboxylic acids is 1. The molecular weight excluding hydrogens is 384 g/mol. The first kappa shape index (κ1) is 20.9. The second-order valence-corrected chi connectivity index (χ2v) is 8.46. The van der Waals surface area contributed by atoms with E-state index in [0.29, 0.717) is 12.1 Å². The van der Waals surface area contributed by atoms with Gasteiger partial charge in [0, 0.05) is 29.4 Å². The maximum absolute atomic E-state index is 12.5. The largest absolute Gasteiger partial charge is 0.376 e. The summed E-state index contributed by atoms with van der Waals surface area (Å²) in [5.41, 5.74) is 4.34. The van der Waals surface area contributed by atoms with Gasteiger partial charge in [0.1, 0.15) is 22.7 Å². The number of nitrogens with zero attached hydrogens (tertiary/aromatic N) is 3. The summed E-state index contributed by atoms with van der Waals surface area (Å²) in [6.07, 6.45) is 3.57. The molecule has 29 heavy (non-hydrogen) atoms. The van der Waals surface area contributed by atoms with Gasteiger partial charge in [-0.25, -0.2) is 0 Å². The van der Waals surface area contributed by atoms with E-state index in [9.17, 15) is 15.3 Å². The molecule has 0 saturated carbocycles. The Morgan fingerprint density at radius 3 is 2.76 bits per heavy atom. The number of amides is 1. The number of aromatic nitrogens is 1. The molecule has 1 amide bonds. The van der Waals surface area contributed by atoms with Crippen LogP contribution in [-0.2, 0) is 9.53 Å². The fraction of sp³-hybridized carbons (Fsp3) is 0.409. The zero-order valence-corrected chi connectivity index (χ0v) is 17.9. The van der Waals surface area contributed by atoms with Crippen molar-refractivity contribution < 1.29 is 9.53 Å². The molecule has 1 atom stereocenters. The smallest absolute Gasteiger partial charge is 0.262 e. The molecule has 0 spiro atoms. The lowest BCUT2D eigenvalue weighted by molar-refractivity contribution is -0.117. The number of ether oxygens (including phenoxy) is 1. The highest BCUT2D eigenvalue weighted by atomic mass is 32.1. The summed E-state index contributed by atoms with van der Waals surface area (Å²) in [5, 5.41) is 22.8. The van der Waals surface area contributed by atoms with Gasteiger partial charge in [-0.15, -0.1) is 11.3 Å². The molecule has 150 valence electrons. The Morgan fingerprint density at radius 1 is 1.38 bits per heavy atom. The van der Waals surface area contributed by atoms with E-state index in [2.05, 4.69) is 11.4 Å². The predicted octanol–water partition coefficient (Wildman–Crippen LogP) is 3.85. The summed E-state index contributed by atoms with van der Waals surface area (Å²) in [5.74, 6) is -0.395. The van der Waals surface area contributed by atoms with Crippen LogP contribution in [0, 0.1) is 50.4 Å². The van der Waals surface area contributed by atoms with Crippen molar-refractivity contribution in [2.75, 3.05) is 13.2 Å². The predicted molar refractivity (Wildman–Crippen MR) is 113 cm³/mol. The highest BCUT2D eigenvalue weighted by molar-refractivity contribution is 7.14. The molecule has 3 heterocycles. The molecule has 0 radical (unpaired) electrons. The number of nitriles is 2. The minimum absolute atomic E-state index is 0.0265. The average molecular weight is 409 g/mol. The Hall–Kier alpha value is -2.87. The number of hydrogen-bond acceptors (Lipinski definition) is 5. The molecule has 2 aromatic rings. The van der Waals surface area contributed by atoms with Crippen molar-refractivity contribution in [3.05, 3.63) is 44.6 Å². The van der Waals surface area contributed by atoms with Crippen molar-refractivity contribution in [3.8, 4) is 17.1 Å². The zero-order valence-electron chi connectivity index (χ0n) is 17.1. The quantitative estimate of drug-likeness (QED) is 0.601. The Bertz CT molecular complexity index is 1060. The van der Waals surface area contributed by atoms with E-state index in [-0.39, 0.29) is 11.7 Å². The van der Waals surface area contributed by atoms with Crippen LogP contribution in [0.4, 0.5) is 0 Å². The van der Waals surface area contributed by atoms with Crippen LogP contribution in [-0.4, -0.2) is 29.7 Å².